The van der Waals surface area contributed by atoms with Crippen LogP contribution in [0.4, 0.5) is 0 Å². The standard InChI is InChI=1S/C11H12BrNO2S2/c12-10-5-3-9(16-10)4-6-11(14)13-17(15)7-1-2-8-17/h3-6H,1-2,7-8H2/b6-4+. The van der Waals surface area contributed by atoms with E-state index < -0.39 is 9.73 Å². The molecule has 1 saturated heterocycles. The number of nitrogens with zero attached hydrogens (tertiary/aromatic N) is 1. The highest BCUT2D eigenvalue weighted by molar-refractivity contribution is 9.11. The Bertz CT molecular complexity index is 556. The van der Waals surface area contributed by atoms with E-state index in [0.717, 1.165) is 21.5 Å². The Balaban J connectivity index is 2.07. The topological polar surface area (TPSA) is 46.5 Å². The summed E-state index contributed by atoms with van der Waals surface area (Å²) in [7, 11) is -2.23. The molecular formula is C11H12BrNO2S2. The first-order valence-electron chi connectivity index (χ1n) is 5.27. The van der Waals surface area contributed by atoms with Crippen molar-refractivity contribution in [2.24, 2.45) is 4.36 Å². The Morgan fingerprint density at radius 1 is 1.41 bits per heavy atom. The average molecular weight is 334 g/mol. The summed E-state index contributed by atoms with van der Waals surface area (Å²) in [5, 5.41) is 0. The van der Waals surface area contributed by atoms with Gasteiger partial charge in [-0.2, -0.15) is 4.36 Å². The van der Waals surface area contributed by atoms with Crippen LogP contribution in [0.1, 0.15) is 17.7 Å². The molecule has 1 aromatic rings. The molecule has 1 aromatic heterocycles. The highest BCUT2D eigenvalue weighted by Gasteiger charge is 2.17. The number of amides is 1. The number of halogens is 1. The maximum absolute atomic E-state index is 12.0. The van der Waals surface area contributed by atoms with Crippen molar-refractivity contribution in [3.63, 3.8) is 0 Å². The molecule has 0 aromatic carbocycles. The van der Waals surface area contributed by atoms with Gasteiger partial charge >= 0.3 is 0 Å². The van der Waals surface area contributed by atoms with Gasteiger partial charge in [0.15, 0.2) is 0 Å². The highest BCUT2D eigenvalue weighted by atomic mass is 79.9. The lowest BCUT2D eigenvalue weighted by Crippen LogP contribution is -2.03. The average Bonchev–Trinajstić information content (AvgIpc) is 2.85. The third-order valence-corrected chi connectivity index (χ3v) is 6.37. The van der Waals surface area contributed by atoms with Crippen LogP contribution >= 0.6 is 27.3 Å². The van der Waals surface area contributed by atoms with Crippen LogP contribution in [0.5, 0.6) is 0 Å². The molecule has 0 radical (unpaired) electrons. The van der Waals surface area contributed by atoms with E-state index in [-0.39, 0.29) is 5.91 Å². The summed E-state index contributed by atoms with van der Waals surface area (Å²) in [5.74, 6) is 0.746. The van der Waals surface area contributed by atoms with E-state index in [9.17, 15) is 9.00 Å². The molecule has 92 valence electrons. The third kappa shape index (κ3) is 3.76. The largest absolute Gasteiger partial charge is 0.277 e. The van der Waals surface area contributed by atoms with Crippen molar-refractivity contribution in [2.45, 2.75) is 12.8 Å². The van der Waals surface area contributed by atoms with Crippen LogP contribution in [0.3, 0.4) is 0 Å². The Labute approximate surface area is 113 Å². The fourth-order valence-corrected chi connectivity index (χ4v) is 5.03. The quantitative estimate of drug-likeness (QED) is 0.779. The second-order valence-electron chi connectivity index (χ2n) is 3.79. The summed E-state index contributed by atoms with van der Waals surface area (Å²) < 4.78 is 16.8. The second-order valence-corrected chi connectivity index (χ2v) is 8.83. The molecule has 0 aliphatic carbocycles. The van der Waals surface area contributed by atoms with Crippen molar-refractivity contribution in [3.05, 3.63) is 26.9 Å². The number of carbonyl (C=O) groups excluding carboxylic acids is 1. The van der Waals surface area contributed by atoms with Gasteiger partial charge in [-0.15, -0.1) is 11.3 Å². The molecule has 6 heteroatoms. The number of hydrogen-bond donors (Lipinski definition) is 0. The van der Waals surface area contributed by atoms with Crippen molar-refractivity contribution < 1.29 is 9.00 Å². The molecule has 0 bridgehead atoms. The van der Waals surface area contributed by atoms with E-state index in [2.05, 4.69) is 20.3 Å². The van der Waals surface area contributed by atoms with Gasteiger partial charge in [-0.3, -0.25) is 4.79 Å². The minimum Gasteiger partial charge on any atom is -0.267 e. The molecule has 1 fully saturated rings. The molecule has 0 saturated carbocycles. The number of thiophene rings is 1. The first-order chi connectivity index (χ1) is 8.07. The summed E-state index contributed by atoms with van der Waals surface area (Å²) >= 11 is 4.89. The smallest absolute Gasteiger partial charge is 0.267 e. The number of carbonyl (C=O) groups is 1. The van der Waals surface area contributed by atoms with E-state index in [1.807, 2.05) is 12.1 Å². The molecule has 0 N–H and O–H groups in total. The van der Waals surface area contributed by atoms with E-state index in [1.165, 1.54) is 17.4 Å². The number of rotatable bonds is 2. The van der Waals surface area contributed by atoms with Crippen molar-refractivity contribution in [1.29, 1.82) is 0 Å². The zero-order valence-electron chi connectivity index (χ0n) is 9.10. The maximum Gasteiger partial charge on any atom is 0.277 e. The third-order valence-electron chi connectivity index (χ3n) is 2.42. The highest BCUT2D eigenvalue weighted by Crippen LogP contribution is 2.23. The van der Waals surface area contributed by atoms with Crippen LogP contribution in [0, 0.1) is 0 Å². The van der Waals surface area contributed by atoms with Crippen LogP contribution < -0.4 is 0 Å². The van der Waals surface area contributed by atoms with Crippen LogP contribution in [0.2, 0.25) is 0 Å². The van der Waals surface area contributed by atoms with Gasteiger partial charge in [0.05, 0.1) is 13.5 Å². The predicted octanol–water partition coefficient (Wildman–Crippen LogP) is 3.31. The van der Waals surface area contributed by atoms with Gasteiger partial charge < -0.3 is 0 Å². The molecule has 0 atom stereocenters. The summed E-state index contributed by atoms with van der Waals surface area (Å²) in [6.07, 6.45) is 4.93. The molecule has 2 heterocycles. The molecule has 3 nitrogen and oxygen atoms in total. The van der Waals surface area contributed by atoms with Crippen molar-refractivity contribution >= 4 is 49.0 Å². The van der Waals surface area contributed by atoms with Gasteiger partial charge in [-0.05, 0) is 47.0 Å². The van der Waals surface area contributed by atoms with Gasteiger partial charge in [0.25, 0.3) is 5.91 Å². The Morgan fingerprint density at radius 3 is 2.71 bits per heavy atom. The van der Waals surface area contributed by atoms with E-state index >= 15 is 0 Å². The lowest BCUT2D eigenvalue weighted by Gasteiger charge is -1.95. The minimum atomic E-state index is -2.23. The maximum atomic E-state index is 12.0. The zero-order valence-corrected chi connectivity index (χ0v) is 12.3. The summed E-state index contributed by atoms with van der Waals surface area (Å²) in [4.78, 5) is 12.5. The normalized spacial score (nSPS) is 18.6. The van der Waals surface area contributed by atoms with E-state index in [0.29, 0.717) is 11.5 Å². The monoisotopic (exact) mass is 333 g/mol. The van der Waals surface area contributed by atoms with E-state index in [1.54, 1.807) is 6.08 Å². The van der Waals surface area contributed by atoms with Crippen LogP contribution in [-0.2, 0) is 14.5 Å². The minimum absolute atomic E-state index is 0.388. The van der Waals surface area contributed by atoms with Crippen LogP contribution in [0.25, 0.3) is 6.08 Å². The van der Waals surface area contributed by atoms with Crippen molar-refractivity contribution in [2.75, 3.05) is 11.5 Å². The number of hydrogen-bond acceptors (Lipinski definition) is 3. The summed E-state index contributed by atoms with van der Waals surface area (Å²) in [5.41, 5.74) is 0. The van der Waals surface area contributed by atoms with Crippen molar-refractivity contribution in [1.82, 2.24) is 0 Å². The molecule has 1 amide bonds. The van der Waals surface area contributed by atoms with Gasteiger partial charge in [-0.25, -0.2) is 4.21 Å². The van der Waals surface area contributed by atoms with Gasteiger partial charge in [-0.1, -0.05) is 0 Å². The SMILES string of the molecule is O=C(/C=C/c1ccc(Br)s1)N=S1(=O)CCCC1. The van der Waals surface area contributed by atoms with Gasteiger partial charge in [0, 0.05) is 22.5 Å². The molecule has 1 aliphatic rings. The predicted molar refractivity (Wildman–Crippen MR) is 75.6 cm³/mol. The van der Waals surface area contributed by atoms with Crippen molar-refractivity contribution in [3.8, 4) is 0 Å². The molecule has 1 aliphatic heterocycles. The second kappa shape index (κ2) is 5.46. The van der Waals surface area contributed by atoms with Gasteiger partial charge in [0.1, 0.15) is 0 Å². The van der Waals surface area contributed by atoms with Crippen LogP contribution in [0.15, 0.2) is 26.4 Å². The van der Waals surface area contributed by atoms with Gasteiger partial charge in [0.2, 0.25) is 0 Å². The first-order valence-corrected chi connectivity index (χ1v) is 8.74. The molecule has 2 rings (SSSR count). The zero-order chi connectivity index (χ0) is 12.3. The molecule has 17 heavy (non-hydrogen) atoms. The Morgan fingerprint density at radius 2 is 2.12 bits per heavy atom. The molecular weight excluding hydrogens is 322 g/mol. The Kier molecular flexibility index (Phi) is 4.17. The molecule has 0 unspecified atom stereocenters. The lowest BCUT2D eigenvalue weighted by atomic mass is 10.4. The Hall–Kier alpha value is -0.460. The fraction of sp³-hybridized carbons (Fsp3) is 0.364. The first kappa shape index (κ1) is 13.0. The van der Waals surface area contributed by atoms with E-state index in [4.69, 9.17) is 0 Å². The molecule has 0 spiro atoms. The van der Waals surface area contributed by atoms with Crippen LogP contribution in [-0.4, -0.2) is 21.6 Å². The fourth-order valence-electron chi connectivity index (χ4n) is 1.61. The lowest BCUT2D eigenvalue weighted by molar-refractivity contribution is -0.113. The summed E-state index contributed by atoms with van der Waals surface area (Å²) in [6, 6.07) is 3.83. The summed E-state index contributed by atoms with van der Waals surface area (Å²) in [6.45, 7) is 0.